The molecule has 8 heteroatoms. The zero-order valence-corrected chi connectivity index (χ0v) is 17.5. The fraction of sp³-hybridized carbons (Fsp3) is 0.318. The van der Waals surface area contributed by atoms with Crippen LogP contribution in [0.15, 0.2) is 59.1 Å². The normalized spacial score (nSPS) is 14.7. The summed E-state index contributed by atoms with van der Waals surface area (Å²) in [6.07, 6.45) is 3.56. The fourth-order valence-electron chi connectivity index (χ4n) is 3.74. The zero-order valence-electron chi connectivity index (χ0n) is 16.6. The average molecular weight is 428 g/mol. The molecule has 0 unspecified atom stereocenters. The number of aromatic nitrogens is 2. The summed E-state index contributed by atoms with van der Waals surface area (Å²) in [5, 5.41) is 10.2. The van der Waals surface area contributed by atoms with E-state index >= 15 is 0 Å². The first-order chi connectivity index (χ1) is 14.2. The fourth-order valence-corrected chi connectivity index (χ4v) is 3.74. The van der Waals surface area contributed by atoms with Crippen LogP contribution in [0.5, 0.6) is 0 Å². The number of nitrogens with zero attached hydrogens (tertiary/aromatic N) is 2. The standard InChI is InChI=1S/C22H25N5O2.ClH/c23-14-16-8-10-18(11-9-16)19-25-20(29-27-19)22(12-4-5-13-22)26-21(28)24-15-17-6-2-1-3-7-17;/h1-3,6-11H,4-5,12-15,23H2,(H2,24,26,28);1H. The van der Waals surface area contributed by atoms with Gasteiger partial charge >= 0.3 is 6.03 Å². The Labute approximate surface area is 181 Å². The molecule has 4 rings (SSSR count). The van der Waals surface area contributed by atoms with E-state index in [9.17, 15) is 4.79 Å². The van der Waals surface area contributed by atoms with Crippen LogP contribution in [0.25, 0.3) is 11.4 Å². The molecule has 1 saturated carbocycles. The van der Waals surface area contributed by atoms with Gasteiger partial charge in [0.25, 0.3) is 5.89 Å². The topological polar surface area (TPSA) is 106 Å². The molecule has 2 amide bonds. The van der Waals surface area contributed by atoms with Gasteiger partial charge in [-0.2, -0.15) is 4.98 Å². The lowest BCUT2D eigenvalue weighted by molar-refractivity contribution is 0.205. The van der Waals surface area contributed by atoms with E-state index in [0.29, 0.717) is 24.8 Å². The smallest absolute Gasteiger partial charge is 0.315 e. The summed E-state index contributed by atoms with van der Waals surface area (Å²) in [5.41, 5.74) is 7.98. The van der Waals surface area contributed by atoms with Crippen LogP contribution in [0.4, 0.5) is 4.79 Å². The van der Waals surface area contributed by atoms with Crippen LogP contribution in [-0.2, 0) is 18.6 Å². The van der Waals surface area contributed by atoms with Crippen molar-refractivity contribution >= 4 is 18.4 Å². The molecule has 0 spiro atoms. The maximum Gasteiger partial charge on any atom is 0.315 e. The molecule has 158 valence electrons. The molecular weight excluding hydrogens is 402 g/mol. The number of hydrogen-bond donors (Lipinski definition) is 3. The highest BCUT2D eigenvalue weighted by Gasteiger charge is 2.42. The van der Waals surface area contributed by atoms with Crippen LogP contribution in [-0.4, -0.2) is 16.2 Å². The number of carbonyl (C=O) groups is 1. The van der Waals surface area contributed by atoms with Gasteiger partial charge in [0.1, 0.15) is 5.54 Å². The first-order valence-electron chi connectivity index (χ1n) is 9.92. The second-order valence-electron chi connectivity index (χ2n) is 7.41. The first-order valence-corrected chi connectivity index (χ1v) is 9.92. The van der Waals surface area contributed by atoms with Gasteiger partial charge in [0.05, 0.1) is 0 Å². The Bertz CT molecular complexity index is 953. The number of halogens is 1. The summed E-state index contributed by atoms with van der Waals surface area (Å²) in [5.74, 6) is 0.976. The number of hydrogen-bond acceptors (Lipinski definition) is 5. The van der Waals surface area contributed by atoms with Crippen molar-refractivity contribution in [3.05, 3.63) is 71.6 Å². The third kappa shape index (κ3) is 4.80. The Morgan fingerprint density at radius 3 is 2.40 bits per heavy atom. The number of benzene rings is 2. The minimum absolute atomic E-state index is 0. The molecule has 3 aromatic rings. The molecule has 0 atom stereocenters. The van der Waals surface area contributed by atoms with E-state index in [2.05, 4.69) is 20.8 Å². The molecule has 1 heterocycles. The molecular formula is C22H26ClN5O2. The number of nitrogens with one attached hydrogen (secondary N) is 2. The summed E-state index contributed by atoms with van der Waals surface area (Å²) in [6.45, 7) is 0.953. The average Bonchev–Trinajstić information content (AvgIpc) is 3.44. The van der Waals surface area contributed by atoms with E-state index in [4.69, 9.17) is 10.3 Å². The van der Waals surface area contributed by atoms with Crippen molar-refractivity contribution in [3.63, 3.8) is 0 Å². The molecule has 30 heavy (non-hydrogen) atoms. The highest BCUT2D eigenvalue weighted by atomic mass is 35.5. The monoisotopic (exact) mass is 427 g/mol. The van der Waals surface area contributed by atoms with Crippen molar-refractivity contribution in [3.8, 4) is 11.4 Å². The summed E-state index contributed by atoms with van der Waals surface area (Å²) < 4.78 is 5.60. The van der Waals surface area contributed by atoms with Crippen LogP contribution in [0, 0.1) is 0 Å². The lowest BCUT2D eigenvalue weighted by atomic mass is 9.97. The molecule has 1 aliphatic rings. The second kappa shape index (κ2) is 9.73. The second-order valence-corrected chi connectivity index (χ2v) is 7.41. The van der Waals surface area contributed by atoms with Gasteiger partial charge in [0, 0.05) is 18.7 Å². The minimum Gasteiger partial charge on any atom is -0.336 e. The van der Waals surface area contributed by atoms with Crippen LogP contribution >= 0.6 is 12.4 Å². The maximum atomic E-state index is 12.6. The molecule has 0 saturated heterocycles. The van der Waals surface area contributed by atoms with Crippen LogP contribution in [0.2, 0.25) is 0 Å². The van der Waals surface area contributed by atoms with E-state index in [1.807, 2.05) is 54.6 Å². The Balaban J connectivity index is 0.00000256. The van der Waals surface area contributed by atoms with E-state index in [0.717, 1.165) is 42.4 Å². The third-order valence-electron chi connectivity index (χ3n) is 5.39. The maximum absolute atomic E-state index is 12.6. The van der Waals surface area contributed by atoms with Gasteiger partial charge in [-0.15, -0.1) is 12.4 Å². The molecule has 1 aromatic heterocycles. The number of carbonyl (C=O) groups excluding carboxylic acids is 1. The van der Waals surface area contributed by atoms with Crippen molar-refractivity contribution in [1.29, 1.82) is 0 Å². The van der Waals surface area contributed by atoms with E-state index in [1.165, 1.54) is 0 Å². The first kappa shape index (κ1) is 21.8. The van der Waals surface area contributed by atoms with Gasteiger partial charge in [0.15, 0.2) is 0 Å². The van der Waals surface area contributed by atoms with Gasteiger partial charge in [-0.1, -0.05) is 72.6 Å². The van der Waals surface area contributed by atoms with Crippen molar-refractivity contribution in [2.45, 2.75) is 44.3 Å². The van der Waals surface area contributed by atoms with Crippen LogP contribution in [0.1, 0.15) is 42.7 Å². The molecule has 0 bridgehead atoms. The van der Waals surface area contributed by atoms with E-state index < -0.39 is 5.54 Å². The number of urea groups is 1. The quantitative estimate of drug-likeness (QED) is 0.553. The van der Waals surface area contributed by atoms with Crippen molar-refractivity contribution in [2.24, 2.45) is 5.73 Å². The highest BCUT2D eigenvalue weighted by molar-refractivity contribution is 5.85. The number of amides is 2. The van der Waals surface area contributed by atoms with Gasteiger partial charge in [-0.3, -0.25) is 0 Å². The summed E-state index contributed by atoms with van der Waals surface area (Å²) in [6, 6.07) is 17.3. The van der Waals surface area contributed by atoms with Gasteiger partial charge < -0.3 is 20.9 Å². The van der Waals surface area contributed by atoms with E-state index in [-0.39, 0.29) is 18.4 Å². The lowest BCUT2D eigenvalue weighted by Gasteiger charge is -2.26. The van der Waals surface area contributed by atoms with Crippen molar-refractivity contribution < 1.29 is 9.32 Å². The Kier molecular flexibility index (Phi) is 7.07. The molecule has 1 fully saturated rings. The van der Waals surface area contributed by atoms with Crippen LogP contribution < -0.4 is 16.4 Å². The Morgan fingerprint density at radius 2 is 1.73 bits per heavy atom. The molecule has 0 aliphatic heterocycles. The van der Waals surface area contributed by atoms with Gasteiger partial charge in [-0.25, -0.2) is 4.79 Å². The molecule has 1 aliphatic carbocycles. The van der Waals surface area contributed by atoms with Crippen molar-refractivity contribution in [1.82, 2.24) is 20.8 Å². The largest absolute Gasteiger partial charge is 0.336 e. The molecule has 2 aromatic carbocycles. The Hall–Kier alpha value is -2.90. The lowest BCUT2D eigenvalue weighted by Crippen LogP contribution is -2.48. The summed E-state index contributed by atoms with van der Waals surface area (Å²) in [7, 11) is 0. The SMILES string of the molecule is Cl.NCc1ccc(-c2noc(C3(NC(=O)NCc4ccccc4)CCCC3)n2)cc1. The Morgan fingerprint density at radius 1 is 1.03 bits per heavy atom. The number of rotatable bonds is 6. The zero-order chi connectivity index (χ0) is 20.1. The molecule has 7 nitrogen and oxygen atoms in total. The van der Waals surface area contributed by atoms with E-state index in [1.54, 1.807) is 0 Å². The number of nitrogens with two attached hydrogens (primary N) is 1. The summed E-state index contributed by atoms with van der Waals surface area (Å²) in [4.78, 5) is 17.2. The van der Waals surface area contributed by atoms with Crippen LogP contribution in [0.3, 0.4) is 0 Å². The molecule has 4 N–H and O–H groups in total. The predicted molar refractivity (Wildman–Crippen MR) is 117 cm³/mol. The van der Waals surface area contributed by atoms with Crippen molar-refractivity contribution in [2.75, 3.05) is 0 Å². The molecule has 0 radical (unpaired) electrons. The summed E-state index contributed by atoms with van der Waals surface area (Å²) >= 11 is 0. The third-order valence-corrected chi connectivity index (χ3v) is 5.39. The van der Waals surface area contributed by atoms with Gasteiger partial charge in [-0.05, 0) is 24.0 Å². The highest BCUT2D eigenvalue weighted by Crippen LogP contribution is 2.38. The van der Waals surface area contributed by atoms with Gasteiger partial charge in [0.2, 0.25) is 5.82 Å². The minimum atomic E-state index is -0.622. The predicted octanol–water partition coefficient (Wildman–Crippen LogP) is 3.89.